The molecule has 0 heterocycles. The summed E-state index contributed by atoms with van der Waals surface area (Å²) in [5, 5.41) is 9.06. The lowest BCUT2D eigenvalue weighted by Gasteiger charge is -2.11. The van der Waals surface area contributed by atoms with E-state index in [-0.39, 0.29) is 16.3 Å². The van der Waals surface area contributed by atoms with E-state index in [1.165, 1.54) is 30.3 Å². The first-order chi connectivity index (χ1) is 16.5. The smallest absolute Gasteiger partial charge is 0.257 e. The van der Waals surface area contributed by atoms with Gasteiger partial charge in [0.05, 0.1) is 22.2 Å². The topological polar surface area (TPSA) is 70.2 Å². The Morgan fingerprint density at radius 3 is 2.17 bits per heavy atom. The second-order valence-electron chi connectivity index (χ2n) is 7.92. The molecule has 0 aromatic heterocycles. The highest BCUT2D eigenvalue weighted by molar-refractivity contribution is 6.53. The zero-order valence-corrected chi connectivity index (χ0v) is 21.7. The molecule has 0 saturated heterocycles. The summed E-state index contributed by atoms with van der Waals surface area (Å²) in [5.74, 6) is -2.73. The van der Waals surface area contributed by atoms with Gasteiger partial charge in [0, 0.05) is 34.4 Å². The van der Waals surface area contributed by atoms with Crippen molar-refractivity contribution in [2.75, 3.05) is 23.0 Å². The molecule has 3 N–H and O–H groups in total. The van der Waals surface area contributed by atoms with Crippen LogP contribution in [-0.4, -0.2) is 23.2 Å². The lowest BCUT2D eigenvalue weighted by atomic mass is 10.1. The number of carbonyl (C=O) groups is 2. The third kappa shape index (κ3) is 5.47. The molecule has 1 aliphatic rings. The second-order valence-corrected chi connectivity index (χ2v) is 10.6. The molecule has 0 aliphatic heterocycles. The van der Waals surface area contributed by atoms with Crippen LogP contribution in [0.3, 0.4) is 0 Å². The fourth-order valence-corrected chi connectivity index (χ4v) is 5.39. The lowest BCUT2D eigenvalue weighted by molar-refractivity contribution is -0.117. The van der Waals surface area contributed by atoms with E-state index < -0.39 is 33.8 Å². The van der Waals surface area contributed by atoms with Crippen LogP contribution in [0.1, 0.15) is 21.8 Å². The van der Waals surface area contributed by atoms with Crippen LogP contribution < -0.4 is 16.0 Å². The standard InChI is InChI=1S/C24H17Cl5FN3O2/c1-31-19-10-15(3-5-18(19)30)32-22(34)16-9-14(2-4-17(16)27)33-23(35)21-20(24(21,28)29)11-6-12(25)8-13(26)7-11/h2-10,20-21,31H,1H3,(H,32,34)(H,33,35). The monoisotopic (exact) mass is 573 g/mol. The predicted octanol–water partition coefficient (Wildman–Crippen LogP) is 7.61. The molecule has 1 fully saturated rings. The molecule has 0 spiro atoms. The number of nitrogens with one attached hydrogen (secondary N) is 3. The fourth-order valence-electron chi connectivity index (χ4n) is 3.81. The summed E-state index contributed by atoms with van der Waals surface area (Å²) in [6.07, 6.45) is 0. The van der Waals surface area contributed by atoms with Gasteiger partial charge in [-0.2, -0.15) is 0 Å². The summed E-state index contributed by atoms with van der Waals surface area (Å²) in [5.41, 5.74) is 1.65. The number of anilines is 3. The van der Waals surface area contributed by atoms with Crippen LogP contribution in [0.2, 0.25) is 15.1 Å². The number of rotatable bonds is 6. The maximum Gasteiger partial charge on any atom is 0.257 e. The van der Waals surface area contributed by atoms with Crippen LogP contribution in [0.15, 0.2) is 54.6 Å². The largest absolute Gasteiger partial charge is 0.386 e. The Hall–Kier alpha value is -2.22. The van der Waals surface area contributed by atoms with E-state index in [1.54, 1.807) is 31.3 Å². The Morgan fingerprint density at radius 1 is 0.886 bits per heavy atom. The van der Waals surface area contributed by atoms with E-state index in [4.69, 9.17) is 58.0 Å². The molecule has 5 nitrogen and oxygen atoms in total. The number of alkyl halides is 2. The highest BCUT2D eigenvalue weighted by Gasteiger charge is 2.67. The van der Waals surface area contributed by atoms with Crippen molar-refractivity contribution in [2.45, 2.75) is 10.3 Å². The summed E-state index contributed by atoms with van der Waals surface area (Å²) < 4.78 is 12.4. The Balaban J connectivity index is 1.51. The zero-order chi connectivity index (χ0) is 25.5. The Bertz CT molecular complexity index is 1310. The molecule has 3 aromatic carbocycles. The third-order valence-corrected chi connectivity index (χ3v) is 7.26. The van der Waals surface area contributed by atoms with Gasteiger partial charge in [0.1, 0.15) is 10.2 Å². The van der Waals surface area contributed by atoms with Crippen LogP contribution >= 0.6 is 58.0 Å². The van der Waals surface area contributed by atoms with Crippen molar-refractivity contribution in [1.82, 2.24) is 0 Å². The number of amides is 2. The minimum atomic E-state index is -1.35. The van der Waals surface area contributed by atoms with Crippen molar-refractivity contribution in [3.05, 3.63) is 86.6 Å². The highest BCUT2D eigenvalue weighted by Crippen LogP contribution is 2.65. The first-order valence-electron chi connectivity index (χ1n) is 10.2. The Labute approximate surface area is 225 Å². The van der Waals surface area contributed by atoms with Crippen LogP contribution in [0.5, 0.6) is 0 Å². The van der Waals surface area contributed by atoms with Crippen LogP contribution in [0.25, 0.3) is 0 Å². The summed E-state index contributed by atoms with van der Waals surface area (Å²) >= 11 is 31.2. The van der Waals surface area contributed by atoms with Gasteiger partial charge in [-0.3, -0.25) is 9.59 Å². The quantitative estimate of drug-likeness (QED) is 0.265. The first kappa shape index (κ1) is 25.9. The SMILES string of the molecule is CNc1cc(NC(=O)c2cc(NC(=O)C3C(c4cc(Cl)cc(Cl)c4)C3(Cl)Cl)ccc2Cl)ccc1F. The van der Waals surface area contributed by atoms with Crippen molar-refractivity contribution in [3.63, 3.8) is 0 Å². The third-order valence-electron chi connectivity index (χ3n) is 5.55. The summed E-state index contributed by atoms with van der Waals surface area (Å²) in [7, 11) is 1.56. The average molecular weight is 576 g/mol. The molecule has 35 heavy (non-hydrogen) atoms. The molecule has 182 valence electrons. The van der Waals surface area contributed by atoms with Gasteiger partial charge in [0.15, 0.2) is 0 Å². The van der Waals surface area contributed by atoms with Gasteiger partial charge >= 0.3 is 0 Å². The molecule has 3 aromatic rings. The maximum atomic E-state index is 13.7. The summed E-state index contributed by atoms with van der Waals surface area (Å²) in [4.78, 5) is 25.8. The van der Waals surface area contributed by atoms with Gasteiger partial charge in [0.2, 0.25) is 5.91 Å². The van der Waals surface area contributed by atoms with Crippen molar-refractivity contribution in [2.24, 2.45) is 5.92 Å². The van der Waals surface area contributed by atoms with E-state index in [2.05, 4.69) is 16.0 Å². The maximum absolute atomic E-state index is 13.7. The van der Waals surface area contributed by atoms with E-state index in [1.807, 2.05) is 0 Å². The normalized spacial score (nSPS) is 18.0. The van der Waals surface area contributed by atoms with Crippen molar-refractivity contribution < 1.29 is 14.0 Å². The van der Waals surface area contributed by atoms with E-state index >= 15 is 0 Å². The first-order valence-corrected chi connectivity index (χ1v) is 12.1. The molecule has 11 heteroatoms. The number of benzene rings is 3. The fraction of sp³-hybridized carbons (Fsp3) is 0.167. The molecule has 2 unspecified atom stereocenters. The lowest BCUT2D eigenvalue weighted by Crippen LogP contribution is -2.18. The van der Waals surface area contributed by atoms with Crippen molar-refractivity contribution >= 4 is 86.9 Å². The van der Waals surface area contributed by atoms with Gasteiger partial charge in [-0.05, 0) is 60.2 Å². The predicted molar refractivity (Wildman–Crippen MR) is 141 cm³/mol. The van der Waals surface area contributed by atoms with Crippen LogP contribution in [-0.2, 0) is 4.79 Å². The Kier molecular flexibility index (Phi) is 7.41. The van der Waals surface area contributed by atoms with Gasteiger partial charge < -0.3 is 16.0 Å². The molecule has 2 atom stereocenters. The van der Waals surface area contributed by atoms with Gasteiger partial charge in [-0.25, -0.2) is 4.39 Å². The molecular formula is C24H17Cl5FN3O2. The zero-order valence-electron chi connectivity index (χ0n) is 17.9. The molecule has 2 amide bonds. The van der Waals surface area contributed by atoms with Gasteiger partial charge in [0.25, 0.3) is 5.91 Å². The van der Waals surface area contributed by atoms with E-state index in [9.17, 15) is 14.0 Å². The minimum absolute atomic E-state index is 0.108. The molecular weight excluding hydrogens is 559 g/mol. The highest BCUT2D eigenvalue weighted by atomic mass is 35.5. The van der Waals surface area contributed by atoms with Crippen LogP contribution in [0.4, 0.5) is 21.5 Å². The number of hydrogen-bond donors (Lipinski definition) is 3. The average Bonchev–Trinajstić information content (AvgIpc) is 3.37. The summed E-state index contributed by atoms with van der Waals surface area (Å²) in [6, 6.07) is 13.4. The minimum Gasteiger partial charge on any atom is -0.386 e. The Morgan fingerprint density at radius 2 is 1.51 bits per heavy atom. The second kappa shape index (κ2) is 10.0. The molecule has 4 rings (SSSR count). The molecule has 0 bridgehead atoms. The van der Waals surface area contributed by atoms with E-state index in [0.717, 1.165) is 0 Å². The van der Waals surface area contributed by atoms with Gasteiger partial charge in [-0.15, -0.1) is 23.2 Å². The van der Waals surface area contributed by atoms with Crippen molar-refractivity contribution in [1.29, 1.82) is 0 Å². The molecule has 0 radical (unpaired) electrons. The molecule has 1 saturated carbocycles. The summed E-state index contributed by atoms with van der Waals surface area (Å²) in [6.45, 7) is 0. The number of halogens is 6. The van der Waals surface area contributed by atoms with Gasteiger partial charge in [-0.1, -0.05) is 34.8 Å². The van der Waals surface area contributed by atoms with E-state index in [0.29, 0.717) is 27.0 Å². The van der Waals surface area contributed by atoms with Crippen LogP contribution in [0, 0.1) is 11.7 Å². The van der Waals surface area contributed by atoms with Crippen molar-refractivity contribution in [3.8, 4) is 0 Å². The number of hydrogen-bond acceptors (Lipinski definition) is 3. The molecule has 1 aliphatic carbocycles. The number of carbonyl (C=O) groups excluding carboxylic acids is 2.